The van der Waals surface area contributed by atoms with Gasteiger partial charge in [-0.05, 0) is 30.2 Å². The number of esters is 1. The van der Waals surface area contributed by atoms with Gasteiger partial charge in [-0.2, -0.15) is 4.31 Å². The Labute approximate surface area is 239 Å². The maximum atomic E-state index is 12.9. The molecule has 0 aliphatic carbocycles. The quantitative estimate of drug-likeness (QED) is 0.0719. The zero-order chi connectivity index (χ0) is 30.2. The number of hydrogen-bond donors (Lipinski definition) is 6. The second kappa shape index (κ2) is 12.4. The second-order valence-electron chi connectivity index (χ2n) is 8.10. The number of aliphatic hydroxyl groups is 1. The summed E-state index contributed by atoms with van der Waals surface area (Å²) in [6, 6.07) is 7.80. The Kier molecular flexibility index (Phi) is 9.70. The normalized spacial score (nSPS) is 24.1. The van der Waals surface area contributed by atoms with Crippen LogP contribution in [0.4, 0.5) is 5.82 Å². The first-order valence-corrected chi connectivity index (χ1v) is 17.9. The minimum absolute atomic E-state index is 0.0414. The molecule has 41 heavy (non-hydrogen) atoms. The largest absolute Gasteiger partial charge is 0.488 e. The number of anilines is 1. The average Bonchev–Trinajstić information content (AvgIpc) is 3.42. The highest BCUT2D eigenvalue weighted by Crippen LogP contribution is 2.66. The van der Waals surface area contributed by atoms with Crippen molar-refractivity contribution in [2.24, 2.45) is 0 Å². The molecule has 6 atom stereocenters. The molecule has 1 aromatic carbocycles. The van der Waals surface area contributed by atoms with Crippen molar-refractivity contribution < 1.29 is 61.2 Å². The molecule has 18 nitrogen and oxygen atoms in total. The molecule has 1 fully saturated rings. The van der Waals surface area contributed by atoms with Crippen molar-refractivity contribution in [3.05, 3.63) is 42.2 Å². The van der Waals surface area contributed by atoms with Crippen LogP contribution in [-0.2, 0) is 43.6 Å². The monoisotopic (exact) mass is 673 g/mol. The van der Waals surface area contributed by atoms with E-state index in [2.05, 4.69) is 39.9 Å². The predicted molar refractivity (Wildman–Crippen MR) is 144 cm³/mol. The molecule has 23 heteroatoms. The summed E-state index contributed by atoms with van der Waals surface area (Å²) in [5.74, 6) is -0.800. The minimum atomic E-state index is -5.57. The van der Waals surface area contributed by atoms with E-state index < -0.39 is 59.5 Å². The lowest BCUT2D eigenvalue weighted by atomic mass is 10.1. The molecule has 2 unspecified atom stereocenters. The number of thioether (sulfide) groups is 1. The van der Waals surface area contributed by atoms with Crippen LogP contribution in [0.3, 0.4) is 0 Å². The van der Waals surface area contributed by atoms with Crippen LogP contribution in [0.25, 0.3) is 11.2 Å². The number of phosphoric acid groups is 2. The van der Waals surface area contributed by atoms with Crippen LogP contribution in [0.5, 0.6) is 0 Å². The van der Waals surface area contributed by atoms with Crippen molar-refractivity contribution in [2.75, 3.05) is 18.6 Å². The summed E-state index contributed by atoms with van der Waals surface area (Å²) in [6.07, 6.45) is -3.06. The maximum Gasteiger partial charge on any atom is 0.488 e. The summed E-state index contributed by atoms with van der Waals surface area (Å²) in [6.45, 7) is -5.73. The molecule has 2 aromatic heterocycles. The number of aliphatic hydroxyl groups excluding tert-OH is 1. The van der Waals surface area contributed by atoms with Crippen LogP contribution in [0.15, 0.2) is 41.8 Å². The number of rotatable bonds is 11. The Morgan fingerprint density at radius 2 is 1.83 bits per heavy atom. The Balaban J connectivity index is 1.61. The van der Waals surface area contributed by atoms with E-state index >= 15 is 0 Å². The molecule has 4 rings (SSSR count). The molecule has 3 aromatic rings. The summed E-state index contributed by atoms with van der Waals surface area (Å²) in [7, 11) is -11.0. The number of aromatic nitrogens is 4. The number of nitrogens with zero attached hydrogens (tertiary/aromatic N) is 4. The number of benzene rings is 1. The molecule has 1 aliphatic rings. The molecule has 0 amide bonds. The molecule has 7 N–H and O–H groups in total. The van der Waals surface area contributed by atoms with Crippen molar-refractivity contribution in [2.45, 2.75) is 29.7 Å². The molecule has 0 spiro atoms. The number of hydrogen-bond acceptors (Lipinski definition) is 15. The highest BCUT2D eigenvalue weighted by Gasteiger charge is 2.49. The van der Waals surface area contributed by atoms with E-state index in [0.29, 0.717) is 0 Å². The predicted octanol–water partition coefficient (Wildman–Crippen LogP) is 1.07. The van der Waals surface area contributed by atoms with Crippen LogP contribution in [0.1, 0.15) is 16.6 Å². The third kappa shape index (κ3) is 7.95. The lowest BCUT2D eigenvalue weighted by Crippen LogP contribution is -2.37. The number of imidazole rings is 1. The van der Waals surface area contributed by atoms with Crippen molar-refractivity contribution in [1.82, 2.24) is 19.5 Å². The number of nitrogen functional groups attached to an aromatic ring is 1. The van der Waals surface area contributed by atoms with Crippen LogP contribution < -0.4 is 5.73 Å². The zero-order valence-electron chi connectivity index (χ0n) is 20.5. The van der Waals surface area contributed by atoms with Gasteiger partial charge in [-0.3, -0.25) is 9.09 Å². The van der Waals surface area contributed by atoms with Gasteiger partial charge in [0.25, 0.3) is 0 Å². The molecule has 0 bridgehead atoms. The number of carbonyl (C=O) groups is 1. The lowest BCUT2D eigenvalue weighted by Gasteiger charge is -2.22. The van der Waals surface area contributed by atoms with Gasteiger partial charge in [-0.25, -0.2) is 33.2 Å². The molecule has 0 saturated carbocycles. The van der Waals surface area contributed by atoms with Gasteiger partial charge in [-0.15, -0.1) is 0 Å². The highest BCUT2D eigenvalue weighted by molar-refractivity contribution is 8.08. The van der Waals surface area contributed by atoms with E-state index in [1.54, 1.807) is 24.5 Å². The van der Waals surface area contributed by atoms with E-state index in [9.17, 15) is 28.8 Å². The standard InChI is InChI=1S/C18H22N5O13P3S2/c1-41-18-21-14(19)11-15(22-18)23(8-20-11)16-13(34-17(25)9-5-3-2-4-6-9)12(24)10(33-16)7-32-37(26,27)35-38(28,29)36-39(30,31)40/h2-6,8,10,12-13,16,24H,7H2,1H3,(H,26,27)(H,28,29)(H2,19,21,22)(H2,30,31,40)/t10-,12-,13-,16-/m1/s1. The number of nitrogens with two attached hydrogens (primary N) is 1. The van der Waals surface area contributed by atoms with E-state index in [4.69, 9.17) is 25.0 Å². The van der Waals surface area contributed by atoms with Crippen molar-refractivity contribution >= 4 is 68.9 Å². The van der Waals surface area contributed by atoms with E-state index in [0.717, 1.165) is 0 Å². The first-order valence-electron chi connectivity index (χ1n) is 11.0. The summed E-state index contributed by atoms with van der Waals surface area (Å²) in [4.78, 5) is 62.9. The number of carbonyl (C=O) groups excluding carboxylic acids is 1. The van der Waals surface area contributed by atoms with Crippen LogP contribution in [0, 0.1) is 0 Å². The first-order chi connectivity index (χ1) is 19.1. The van der Waals surface area contributed by atoms with Crippen molar-refractivity contribution in [3.63, 3.8) is 0 Å². The molecule has 0 radical (unpaired) electrons. The number of phosphoric ester groups is 1. The van der Waals surface area contributed by atoms with Gasteiger partial charge in [0, 0.05) is 0 Å². The van der Waals surface area contributed by atoms with Gasteiger partial charge in [-0.1, -0.05) is 30.0 Å². The average molecular weight is 673 g/mol. The topological polar surface area (TPSA) is 268 Å². The van der Waals surface area contributed by atoms with Crippen LogP contribution in [0.2, 0.25) is 0 Å². The summed E-state index contributed by atoms with van der Waals surface area (Å²) in [5.41, 5.74) is 6.45. The smallest absolute Gasteiger partial charge is 0.451 e. The Bertz CT molecular complexity index is 1570. The first kappa shape index (κ1) is 32.1. The second-order valence-corrected chi connectivity index (χ2v) is 14.7. The van der Waals surface area contributed by atoms with Crippen molar-refractivity contribution in [1.29, 1.82) is 0 Å². The summed E-state index contributed by atoms with van der Waals surface area (Å²) >= 11 is 5.22. The molecular formula is C18H22N5O13P3S2. The lowest BCUT2D eigenvalue weighted by molar-refractivity contribution is -0.0558. The van der Waals surface area contributed by atoms with E-state index in [1.165, 1.54) is 34.8 Å². The Hall–Kier alpha value is -1.86. The highest BCUT2D eigenvalue weighted by atomic mass is 32.5. The summed E-state index contributed by atoms with van der Waals surface area (Å²) in [5, 5.41) is 11.3. The fourth-order valence-corrected chi connectivity index (χ4v) is 7.79. The zero-order valence-corrected chi connectivity index (χ0v) is 24.8. The van der Waals surface area contributed by atoms with Gasteiger partial charge in [0.2, 0.25) is 0 Å². The van der Waals surface area contributed by atoms with Crippen LogP contribution in [-0.4, -0.2) is 81.3 Å². The molecule has 3 heterocycles. The minimum Gasteiger partial charge on any atom is -0.451 e. The van der Waals surface area contributed by atoms with E-state index in [-0.39, 0.29) is 27.7 Å². The third-order valence-electron chi connectivity index (χ3n) is 5.27. The molecule has 224 valence electrons. The Morgan fingerprint density at radius 1 is 1.15 bits per heavy atom. The SMILES string of the molecule is CSc1nc(N)c2ncn([C@@H]3O[C@H](COP(=O)(O)OP(=O)(O)OP(O)(O)=S)[C@@H](O)[C@H]3OC(=O)c3ccccc3)c2n1. The molecule has 1 aliphatic heterocycles. The number of ether oxygens (including phenoxy) is 2. The van der Waals surface area contributed by atoms with Gasteiger partial charge in [0.15, 0.2) is 29.0 Å². The maximum absolute atomic E-state index is 12.9. The Morgan fingerprint density at radius 3 is 2.46 bits per heavy atom. The summed E-state index contributed by atoms with van der Waals surface area (Å²) < 4.78 is 49.2. The molecular weight excluding hydrogens is 651 g/mol. The van der Waals surface area contributed by atoms with E-state index in [1.807, 2.05) is 0 Å². The number of fused-ring (bicyclic) bond motifs is 1. The molecule has 1 saturated heterocycles. The van der Waals surface area contributed by atoms with Crippen LogP contribution >= 0.6 is 34.1 Å². The van der Waals surface area contributed by atoms with Gasteiger partial charge in [0.05, 0.1) is 18.5 Å². The van der Waals surface area contributed by atoms with Gasteiger partial charge < -0.3 is 39.9 Å². The van der Waals surface area contributed by atoms with Gasteiger partial charge in [0.1, 0.15) is 17.7 Å². The fraction of sp³-hybridized carbons (Fsp3) is 0.333. The van der Waals surface area contributed by atoms with Gasteiger partial charge >= 0.3 is 28.3 Å². The third-order valence-corrected chi connectivity index (χ3v) is 10.2. The van der Waals surface area contributed by atoms with Crippen molar-refractivity contribution in [3.8, 4) is 0 Å². The fourth-order valence-electron chi connectivity index (χ4n) is 3.64.